The summed E-state index contributed by atoms with van der Waals surface area (Å²) in [6, 6.07) is 6.77. The Morgan fingerprint density at radius 1 is 1.44 bits per heavy atom. The van der Waals surface area contributed by atoms with Gasteiger partial charge in [-0.05, 0) is 24.6 Å². The average Bonchev–Trinajstić information content (AvgIpc) is 2.38. The third kappa shape index (κ3) is 4.38. The van der Waals surface area contributed by atoms with Crippen LogP contribution < -0.4 is 10.6 Å². The van der Waals surface area contributed by atoms with Gasteiger partial charge in [0.05, 0.1) is 11.9 Å². The predicted molar refractivity (Wildman–Crippen MR) is 70.3 cm³/mol. The highest BCUT2D eigenvalue weighted by Crippen LogP contribution is 2.24. The lowest BCUT2D eigenvalue weighted by molar-refractivity contribution is -0.119. The summed E-state index contributed by atoms with van der Waals surface area (Å²) in [5.74, 6) is -0.353. The molecule has 1 aromatic carbocycles. The lowest BCUT2D eigenvalue weighted by Crippen LogP contribution is -2.41. The molecule has 6 heteroatoms. The van der Waals surface area contributed by atoms with Crippen molar-refractivity contribution >= 4 is 23.7 Å². The standard InChI is InChI=1S/C12H16N2O3S/c1-8(11(16)14-12(17)13-2)18-10-5-3-4-9(6-10)7-15/h3-6,8,15H,7H2,1-2H3,(H2,13,14,16,17). The molecular weight excluding hydrogens is 252 g/mol. The third-order valence-corrected chi connectivity index (χ3v) is 3.32. The number of thioether (sulfide) groups is 1. The van der Waals surface area contributed by atoms with Gasteiger partial charge >= 0.3 is 6.03 Å². The van der Waals surface area contributed by atoms with E-state index >= 15 is 0 Å². The molecule has 1 atom stereocenters. The van der Waals surface area contributed by atoms with E-state index in [9.17, 15) is 9.59 Å². The summed E-state index contributed by atoms with van der Waals surface area (Å²) in [4.78, 5) is 23.5. The average molecular weight is 268 g/mol. The van der Waals surface area contributed by atoms with E-state index in [2.05, 4.69) is 10.6 Å². The van der Waals surface area contributed by atoms with Crippen LogP contribution in [0.3, 0.4) is 0 Å². The molecule has 0 saturated carbocycles. The molecule has 0 aliphatic rings. The number of benzene rings is 1. The molecule has 1 rings (SSSR count). The van der Waals surface area contributed by atoms with Crippen LogP contribution in [-0.4, -0.2) is 29.3 Å². The molecule has 1 unspecified atom stereocenters. The fraction of sp³-hybridized carbons (Fsp3) is 0.333. The molecule has 18 heavy (non-hydrogen) atoms. The molecule has 0 aliphatic heterocycles. The first kappa shape index (κ1) is 14.5. The number of carbonyl (C=O) groups is 2. The van der Waals surface area contributed by atoms with Gasteiger partial charge < -0.3 is 10.4 Å². The molecule has 1 aromatic rings. The number of aliphatic hydroxyl groups excluding tert-OH is 1. The summed E-state index contributed by atoms with van der Waals surface area (Å²) in [5, 5.41) is 13.2. The zero-order chi connectivity index (χ0) is 13.5. The molecule has 0 spiro atoms. The molecule has 0 fully saturated rings. The van der Waals surface area contributed by atoms with E-state index in [1.54, 1.807) is 13.0 Å². The van der Waals surface area contributed by atoms with Crippen LogP contribution in [0.5, 0.6) is 0 Å². The molecule has 0 heterocycles. The van der Waals surface area contributed by atoms with Crippen LogP contribution in [0, 0.1) is 0 Å². The molecule has 0 saturated heterocycles. The zero-order valence-electron chi connectivity index (χ0n) is 10.3. The van der Waals surface area contributed by atoms with E-state index in [-0.39, 0.29) is 12.5 Å². The highest BCUT2D eigenvalue weighted by Gasteiger charge is 2.16. The van der Waals surface area contributed by atoms with Crippen LogP contribution in [0.2, 0.25) is 0 Å². The van der Waals surface area contributed by atoms with Crippen LogP contribution >= 0.6 is 11.8 Å². The molecule has 3 amide bonds. The van der Waals surface area contributed by atoms with Crippen LogP contribution in [0.25, 0.3) is 0 Å². The van der Waals surface area contributed by atoms with Gasteiger partial charge in [-0.25, -0.2) is 4.79 Å². The Bertz CT molecular complexity index is 437. The van der Waals surface area contributed by atoms with Gasteiger partial charge in [0, 0.05) is 11.9 Å². The van der Waals surface area contributed by atoms with Crippen molar-refractivity contribution in [3.63, 3.8) is 0 Å². The van der Waals surface area contributed by atoms with Crippen molar-refractivity contribution in [3.8, 4) is 0 Å². The second kappa shape index (κ2) is 7.03. The van der Waals surface area contributed by atoms with Crippen molar-refractivity contribution in [2.75, 3.05) is 7.05 Å². The Kier molecular flexibility index (Phi) is 5.67. The van der Waals surface area contributed by atoms with E-state index in [0.717, 1.165) is 10.5 Å². The molecular formula is C12H16N2O3S. The monoisotopic (exact) mass is 268 g/mol. The minimum Gasteiger partial charge on any atom is -0.392 e. The maximum Gasteiger partial charge on any atom is 0.321 e. The second-order valence-corrected chi connectivity index (χ2v) is 5.05. The molecule has 0 aromatic heterocycles. The van der Waals surface area contributed by atoms with Gasteiger partial charge in [0.25, 0.3) is 0 Å². The summed E-state index contributed by atoms with van der Waals surface area (Å²) in [6.45, 7) is 1.68. The van der Waals surface area contributed by atoms with Crippen LogP contribution in [-0.2, 0) is 11.4 Å². The maximum atomic E-state index is 11.6. The first-order valence-electron chi connectivity index (χ1n) is 5.46. The van der Waals surface area contributed by atoms with Crippen molar-refractivity contribution in [2.45, 2.75) is 23.7 Å². The SMILES string of the molecule is CNC(=O)NC(=O)C(C)Sc1cccc(CO)c1. The summed E-state index contributed by atoms with van der Waals surface area (Å²) < 4.78 is 0. The summed E-state index contributed by atoms with van der Waals surface area (Å²) in [7, 11) is 1.45. The number of nitrogens with one attached hydrogen (secondary N) is 2. The van der Waals surface area contributed by atoms with Crippen molar-refractivity contribution in [2.24, 2.45) is 0 Å². The quantitative estimate of drug-likeness (QED) is 0.715. The van der Waals surface area contributed by atoms with E-state index in [0.29, 0.717) is 0 Å². The van der Waals surface area contributed by atoms with Crippen molar-refractivity contribution in [1.82, 2.24) is 10.6 Å². The van der Waals surface area contributed by atoms with E-state index < -0.39 is 11.3 Å². The summed E-state index contributed by atoms with van der Waals surface area (Å²) in [5.41, 5.74) is 0.791. The van der Waals surface area contributed by atoms with Crippen molar-refractivity contribution in [3.05, 3.63) is 29.8 Å². The Morgan fingerprint density at radius 2 is 2.17 bits per heavy atom. The number of urea groups is 1. The molecule has 5 nitrogen and oxygen atoms in total. The smallest absolute Gasteiger partial charge is 0.321 e. The molecule has 98 valence electrons. The van der Waals surface area contributed by atoms with Gasteiger partial charge in [0.1, 0.15) is 0 Å². The lowest BCUT2D eigenvalue weighted by atomic mass is 10.2. The number of aliphatic hydroxyl groups is 1. The highest BCUT2D eigenvalue weighted by molar-refractivity contribution is 8.00. The normalized spacial score (nSPS) is 11.7. The number of carbonyl (C=O) groups excluding carboxylic acids is 2. The predicted octanol–water partition coefficient (Wildman–Crippen LogP) is 1.12. The van der Waals surface area contributed by atoms with Gasteiger partial charge in [-0.3, -0.25) is 10.1 Å². The first-order valence-corrected chi connectivity index (χ1v) is 6.33. The molecule has 0 bridgehead atoms. The number of hydrogen-bond donors (Lipinski definition) is 3. The van der Waals surface area contributed by atoms with E-state index in [1.807, 2.05) is 18.2 Å². The fourth-order valence-electron chi connectivity index (χ4n) is 1.25. The fourth-order valence-corrected chi connectivity index (χ4v) is 2.20. The Labute approximate surface area is 110 Å². The minimum absolute atomic E-state index is 0.0345. The van der Waals surface area contributed by atoms with Crippen LogP contribution in [0.4, 0.5) is 4.79 Å². The van der Waals surface area contributed by atoms with Crippen LogP contribution in [0.15, 0.2) is 29.2 Å². The largest absolute Gasteiger partial charge is 0.392 e. The molecule has 0 aliphatic carbocycles. The number of rotatable bonds is 4. The number of hydrogen-bond acceptors (Lipinski definition) is 4. The Balaban J connectivity index is 2.60. The van der Waals surface area contributed by atoms with Gasteiger partial charge in [0.2, 0.25) is 5.91 Å². The van der Waals surface area contributed by atoms with Gasteiger partial charge in [-0.15, -0.1) is 11.8 Å². The van der Waals surface area contributed by atoms with Gasteiger partial charge in [0.15, 0.2) is 0 Å². The van der Waals surface area contributed by atoms with E-state index in [4.69, 9.17) is 5.11 Å². The number of amides is 3. The maximum absolute atomic E-state index is 11.6. The topological polar surface area (TPSA) is 78.4 Å². The Hall–Kier alpha value is -1.53. The second-order valence-electron chi connectivity index (χ2n) is 3.63. The molecule has 3 N–H and O–H groups in total. The van der Waals surface area contributed by atoms with Gasteiger partial charge in [-0.2, -0.15) is 0 Å². The third-order valence-electron chi connectivity index (χ3n) is 2.23. The number of imide groups is 1. The molecule has 0 radical (unpaired) electrons. The first-order chi connectivity index (χ1) is 8.56. The minimum atomic E-state index is -0.517. The van der Waals surface area contributed by atoms with Crippen LogP contribution in [0.1, 0.15) is 12.5 Å². The van der Waals surface area contributed by atoms with Crippen molar-refractivity contribution < 1.29 is 14.7 Å². The lowest BCUT2D eigenvalue weighted by Gasteiger charge is -2.11. The zero-order valence-corrected chi connectivity index (χ0v) is 11.1. The van der Waals surface area contributed by atoms with Gasteiger partial charge in [-0.1, -0.05) is 12.1 Å². The van der Waals surface area contributed by atoms with Crippen molar-refractivity contribution in [1.29, 1.82) is 0 Å². The summed E-state index contributed by atoms with van der Waals surface area (Å²) >= 11 is 1.33. The van der Waals surface area contributed by atoms with E-state index in [1.165, 1.54) is 18.8 Å². The highest BCUT2D eigenvalue weighted by atomic mass is 32.2. The Morgan fingerprint density at radius 3 is 2.78 bits per heavy atom. The summed E-state index contributed by atoms with van der Waals surface area (Å²) in [6.07, 6.45) is 0.